The molecule has 0 spiro atoms. The molecule has 2 aromatic rings. The molecule has 0 saturated carbocycles. The first-order valence-electron chi connectivity index (χ1n) is 6.99. The SMILES string of the molecule is COC(=O)c1ccc(Cn2nnc(C(=O)OC(C)C)c2N)cc1. The number of carbonyl (C=O) groups is 2. The van der Waals surface area contributed by atoms with Crippen LogP contribution < -0.4 is 5.73 Å². The van der Waals surface area contributed by atoms with Crippen LogP contribution in [0.15, 0.2) is 24.3 Å². The Bertz CT molecular complexity index is 707. The first-order valence-corrected chi connectivity index (χ1v) is 6.99. The highest BCUT2D eigenvalue weighted by Gasteiger charge is 2.20. The van der Waals surface area contributed by atoms with Crippen LogP contribution in [0.25, 0.3) is 0 Å². The van der Waals surface area contributed by atoms with Crippen LogP contribution in [0, 0.1) is 0 Å². The van der Waals surface area contributed by atoms with Gasteiger partial charge in [0.05, 0.1) is 25.3 Å². The van der Waals surface area contributed by atoms with Gasteiger partial charge in [-0.2, -0.15) is 0 Å². The van der Waals surface area contributed by atoms with Crippen molar-refractivity contribution >= 4 is 17.8 Å². The van der Waals surface area contributed by atoms with E-state index >= 15 is 0 Å². The molecule has 0 bridgehead atoms. The molecule has 1 aromatic heterocycles. The molecule has 2 rings (SSSR count). The van der Waals surface area contributed by atoms with Crippen LogP contribution in [-0.4, -0.2) is 40.1 Å². The third-order valence-corrected chi connectivity index (χ3v) is 3.02. The Morgan fingerprint density at radius 2 is 1.87 bits per heavy atom. The third-order valence-electron chi connectivity index (χ3n) is 3.02. The number of benzene rings is 1. The van der Waals surface area contributed by atoms with Gasteiger partial charge in [0.2, 0.25) is 5.69 Å². The van der Waals surface area contributed by atoms with Gasteiger partial charge in [0.25, 0.3) is 0 Å². The fourth-order valence-electron chi connectivity index (χ4n) is 1.89. The van der Waals surface area contributed by atoms with E-state index in [0.717, 1.165) is 5.56 Å². The summed E-state index contributed by atoms with van der Waals surface area (Å²) in [6.07, 6.45) is -0.266. The lowest BCUT2D eigenvalue weighted by molar-refractivity contribution is 0.0371. The van der Waals surface area contributed by atoms with Crippen LogP contribution >= 0.6 is 0 Å². The molecule has 1 heterocycles. The highest BCUT2D eigenvalue weighted by Crippen LogP contribution is 2.13. The zero-order valence-electron chi connectivity index (χ0n) is 13.1. The minimum Gasteiger partial charge on any atom is -0.465 e. The smallest absolute Gasteiger partial charge is 0.363 e. The van der Waals surface area contributed by atoms with Gasteiger partial charge in [0.1, 0.15) is 0 Å². The predicted octanol–water partition coefficient (Wildman–Crippen LogP) is 1.26. The molecule has 0 aliphatic rings. The molecule has 0 aliphatic heterocycles. The fraction of sp³-hybridized carbons (Fsp3) is 0.333. The van der Waals surface area contributed by atoms with Gasteiger partial charge < -0.3 is 15.2 Å². The highest BCUT2D eigenvalue weighted by atomic mass is 16.5. The molecule has 0 fully saturated rings. The number of rotatable bonds is 5. The van der Waals surface area contributed by atoms with Crippen molar-refractivity contribution in [3.05, 3.63) is 41.1 Å². The molecule has 0 unspecified atom stereocenters. The number of nitrogens with zero attached hydrogens (tertiary/aromatic N) is 3. The number of methoxy groups -OCH3 is 1. The molecule has 0 saturated heterocycles. The zero-order chi connectivity index (χ0) is 17.0. The van der Waals surface area contributed by atoms with E-state index in [-0.39, 0.29) is 17.6 Å². The van der Waals surface area contributed by atoms with Gasteiger partial charge in [-0.05, 0) is 31.5 Å². The first-order chi connectivity index (χ1) is 10.9. The normalized spacial score (nSPS) is 10.6. The topological polar surface area (TPSA) is 109 Å². The van der Waals surface area contributed by atoms with Crippen molar-refractivity contribution in [2.24, 2.45) is 0 Å². The molecule has 0 amide bonds. The molecule has 1 aromatic carbocycles. The summed E-state index contributed by atoms with van der Waals surface area (Å²) in [4.78, 5) is 23.2. The number of anilines is 1. The van der Waals surface area contributed by atoms with Crippen LogP contribution in [0.5, 0.6) is 0 Å². The van der Waals surface area contributed by atoms with Crippen LogP contribution in [0.3, 0.4) is 0 Å². The van der Waals surface area contributed by atoms with Crippen molar-refractivity contribution in [1.29, 1.82) is 0 Å². The number of nitrogen functional groups attached to an aromatic ring is 1. The van der Waals surface area contributed by atoms with E-state index in [1.165, 1.54) is 11.8 Å². The molecule has 0 radical (unpaired) electrons. The van der Waals surface area contributed by atoms with E-state index in [9.17, 15) is 9.59 Å². The minimum atomic E-state index is -0.607. The predicted molar refractivity (Wildman–Crippen MR) is 81.9 cm³/mol. The molecule has 122 valence electrons. The van der Waals surface area contributed by atoms with E-state index in [2.05, 4.69) is 15.0 Å². The van der Waals surface area contributed by atoms with Crippen molar-refractivity contribution in [3.8, 4) is 0 Å². The summed E-state index contributed by atoms with van der Waals surface area (Å²) in [5.74, 6) is -0.881. The summed E-state index contributed by atoms with van der Waals surface area (Å²) in [6, 6.07) is 6.78. The summed E-state index contributed by atoms with van der Waals surface area (Å²) < 4.78 is 11.1. The van der Waals surface area contributed by atoms with Crippen LogP contribution in [-0.2, 0) is 16.0 Å². The van der Waals surface area contributed by atoms with Crippen LogP contribution in [0.4, 0.5) is 5.82 Å². The van der Waals surface area contributed by atoms with E-state index in [0.29, 0.717) is 12.1 Å². The largest absolute Gasteiger partial charge is 0.465 e. The van der Waals surface area contributed by atoms with Gasteiger partial charge in [-0.15, -0.1) is 5.10 Å². The Labute approximate surface area is 133 Å². The average molecular weight is 318 g/mol. The molecule has 0 aliphatic carbocycles. The second-order valence-electron chi connectivity index (χ2n) is 5.12. The molecule has 8 nitrogen and oxygen atoms in total. The number of carbonyl (C=O) groups excluding carboxylic acids is 2. The molecule has 2 N–H and O–H groups in total. The monoisotopic (exact) mass is 318 g/mol. The maximum absolute atomic E-state index is 11.8. The Kier molecular flexibility index (Phi) is 4.95. The first kappa shape index (κ1) is 16.5. The van der Waals surface area contributed by atoms with Crippen LogP contribution in [0.2, 0.25) is 0 Å². The molecular formula is C15H18N4O4. The van der Waals surface area contributed by atoms with Gasteiger partial charge in [-0.3, -0.25) is 0 Å². The number of nitrogens with two attached hydrogens (primary N) is 1. The molecule has 23 heavy (non-hydrogen) atoms. The van der Waals surface area contributed by atoms with Crippen molar-refractivity contribution in [2.75, 3.05) is 12.8 Å². The number of hydrogen-bond donors (Lipinski definition) is 1. The Morgan fingerprint density at radius 1 is 1.22 bits per heavy atom. The van der Waals surface area contributed by atoms with Crippen molar-refractivity contribution < 1.29 is 19.1 Å². The Balaban J connectivity index is 2.13. The molecule has 0 atom stereocenters. The third kappa shape index (κ3) is 3.85. The summed E-state index contributed by atoms with van der Waals surface area (Å²) in [6.45, 7) is 3.79. The van der Waals surface area contributed by atoms with Gasteiger partial charge in [0, 0.05) is 0 Å². The fourth-order valence-corrected chi connectivity index (χ4v) is 1.89. The van der Waals surface area contributed by atoms with Gasteiger partial charge in [-0.25, -0.2) is 14.3 Å². The Morgan fingerprint density at radius 3 is 2.43 bits per heavy atom. The van der Waals surface area contributed by atoms with Gasteiger partial charge in [-0.1, -0.05) is 17.3 Å². The highest BCUT2D eigenvalue weighted by molar-refractivity contribution is 5.92. The van der Waals surface area contributed by atoms with Crippen LogP contribution in [0.1, 0.15) is 40.3 Å². The summed E-state index contributed by atoms with van der Waals surface area (Å²) in [5, 5.41) is 7.63. The average Bonchev–Trinajstić information content (AvgIpc) is 2.88. The molecule has 8 heteroatoms. The summed E-state index contributed by atoms with van der Waals surface area (Å²) in [7, 11) is 1.32. The summed E-state index contributed by atoms with van der Waals surface area (Å²) >= 11 is 0. The minimum absolute atomic E-state index is 0.00937. The standard InChI is InChI=1S/C15H18N4O4/c1-9(2)23-15(21)12-13(16)19(18-17-12)8-10-4-6-11(7-5-10)14(20)22-3/h4-7,9H,8,16H2,1-3H3. The van der Waals surface area contributed by atoms with Gasteiger partial charge >= 0.3 is 11.9 Å². The zero-order valence-corrected chi connectivity index (χ0v) is 13.1. The maximum Gasteiger partial charge on any atom is 0.363 e. The van der Waals surface area contributed by atoms with E-state index in [1.807, 2.05) is 0 Å². The van der Waals surface area contributed by atoms with E-state index < -0.39 is 11.9 Å². The number of hydrogen-bond acceptors (Lipinski definition) is 7. The summed E-state index contributed by atoms with van der Waals surface area (Å²) in [5.41, 5.74) is 7.17. The molecular weight excluding hydrogens is 300 g/mol. The van der Waals surface area contributed by atoms with Crippen molar-refractivity contribution in [2.45, 2.75) is 26.5 Å². The Hall–Kier alpha value is -2.90. The lowest BCUT2D eigenvalue weighted by atomic mass is 10.1. The van der Waals surface area contributed by atoms with E-state index in [4.69, 9.17) is 10.5 Å². The number of ether oxygens (including phenoxy) is 2. The second kappa shape index (κ2) is 6.91. The van der Waals surface area contributed by atoms with E-state index in [1.54, 1.807) is 38.1 Å². The quantitative estimate of drug-likeness (QED) is 0.826. The van der Waals surface area contributed by atoms with Crippen molar-refractivity contribution in [3.63, 3.8) is 0 Å². The second-order valence-corrected chi connectivity index (χ2v) is 5.12. The number of esters is 2. The maximum atomic E-state index is 11.8. The number of aromatic nitrogens is 3. The lowest BCUT2D eigenvalue weighted by Crippen LogP contribution is -2.14. The van der Waals surface area contributed by atoms with Crippen molar-refractivity contribution in [1.82, 2.24) is 15.0 Å². The lowest BCUT2D eigenvalue weighted by Gasteiger charge is -2.07. The van der Waals surface area contributed by atoms with Gasteiger partial charge in [0.15, 0.2) is 5.82 Å².